The van der Waals surface area contributed by atoms with E-state index in [-0.39, 0.29) is 5.59 Å². The van der Waals surface area contributed by atoms with Crippen LogP contribution in [-0.4, -0.2) is 31.7 Å². The highest BCUT2D eigenvalue weighted by molar-refractivity contribution is 14.2. The number of fused-ring (bicyclic) bond motifs is 1. The molecule has 1 atom stereocenters. The Balaban J connectivity index is 2.73. The molecule has 0 amide bonds. The predicted octanol–water partition coefficient (Wildman–Crippen LogP) is -0.0973. The van der Waals surface area contributed by atoms with E-state index in [0.717, 1.165) is 0 Å². The molecular formula is C6H6BIN3O2P. The zero-order valence-electron chi connectivity index (χ0n) is 6.92. The predicted molar refractivity (Wildman–Crippen MR) is 65.1 cm³/mol. The Bertz CT molecular complexity index is 463. The van der Waals surface area contributed by atoms with Crippen LogP contribution in [0.3, 0.4) is 0 Å². The number of aromatic nitrogens is 3. The summed E-state index contributed by atoms with van der Waals surface area (Å²) in [5, 5.41) is 22.9. The second-order valence-electron chi connectivity index (χ2n) is 2.63. The summed E-state index contributed by atoms with van der Waals surface area (Å²) >= 11 is 2.16. The Labute approximate surface area is 95.0 Å². The SMILES string of the molecule is OB(O)c1nn(PI)c2ncccc12. The van der Waals surface area contributed by atoms with Gasteiger partial charge in [0, 0.05) is 11.6 Å². The lowest BCUT2D eigenvalue weighted by molar-refractivity contribution is 0.424. The quantitative estimate of drug-likeness (QED) is 0.461. The molecule has 0 spiro atoms. The number of pyridine rings is 1. The lowest BCUT2D eigenvalue weighted by Gasteiger charge is -1.93. The molecule has 14 heavy (non-hydrogen) atoms. The molecule has 2 rings (SSSR count). The second kappa shape index (κ2) is 4.10. The van der Waals surface area contributed by atoms with Crippen LogP contribution in [0.2, 0.25) is 0 Å². The fourth-order valence-electron chi connectivity index (χ4n) is 1.22. The van der Waals surface area contributed by atoms with Crippen molar-refractivity contribution in [1.82, 2.24) is 14.5 Å². The third kappa shape index (κ3) is 1.65. The highest BCUT2D eigenvalue weighted by Gasteiger charge is 2.20. The van der Waals surface area contributed by atoms with Gasteiger partial charge in [-0.15, -0.1) is 0 Å². The molecule has 0 aliphatic carbocycles. The van der Waals surface area contributed by atoms with E-state index in [1.165, 1.54) is 0 Å². The molecule has 0 bridgehead atoms. The van der Waals surface area contributed by atoms with Crippen molar-refractivity contribution < 1.29 is 10.0 Å². The smallest absolute Gasteiger partial charge is 0.422 e. The zero-order valence-corrected chi connectivity index (χ0v) is 10.1. The molecule has 0 saturated heterocycles. The zero-order chi connectivity index (χ0) is 10.1. The molecule has 0 radical (unpaired) electrons. The summed E-state index contributed by atoms with van der Waals surface area (Å²) in [7, 11) is -1.55. The van der Waals surface area contributed by atoms with Gasteiger partial charge in [-0.25, -0.2) is 9.44 Å². The minimum Gasteiger partial charge on any atom is -0.422 e. The van der Waals surface area contributed by atoms with Crippen molar-refractivity contribution in [2.45, 2.75) is 0 Å². The van der Waals surface area contributed by atoms with Crippen LogP contribution in [0.5, 0.6) is 0 Å². The van der Waals surface area contributed by atoms with Crippen LogP contribution in [0.15, 0.2) is 18.3 Å². The summed E-state index contributed by atoms with van der Waals surface area (Å²) in [6.07, 6.45) is 2.05. The minimum atomic E-state index is -1.55. The van der Waals surface area contributed by atoms with E-state index in [9.17, 15) is 0 Å². The average Bonchev–Trinajstić information content (AvgIpc) is 2.56. The normalized spacial score (nSPS) is 11.6. The van der Waals surface area contributed by atoms with Crippen molar-refractivity contribution in [3.8, 4) is 0 Å². The van der Waals surface area contributed by atoms with Gasteiger partial charge in [0.2, 0.25) is 0 Å². The van der Waals surface area contributed by atoms with E-state index in [1.807, 2.05) is 0 Å². The van der Waals surface area contributed by atoms with E-state index >= 15 is 0 Å². The number of nitrogens with zero attached hydrogens (tertiary/aromatic N) is 3. The Morgan fingerprint density at radius 1 is 1.50 bits per heavy atom. The molecule has 0 aromatic carbocycles. The van der Waals surface area contributed by atoms with Crippen molar-refractivity contribution in [2.24, 2.45) is 0 Å². The maximum atomic E-state index is 9.08. The van der Waals surface area contributed by atoms with Crippen molar-refractivity contribution in [3.63, 3.8) is 0 Å². The van der Waals surface area contributed by atoms with Crippen molar-refractivity contribution >= 4 is 52.2 Å². The fourth-order valence-corrected chi connectivity index (χ4v) is 2.64. The summed E-state index contributed by atoms with van der Waals surface area (Å²) in [5.74, 6) is 0. The molecule has 0 aliphatic rings. The third-order valence-corrected chi connectivity index (χ3v) is 3.64. The Kier molecular flexibility index (Phi) is 3.01. The second-order valence-corrected chi connectivity index (χ2v) is 4.67. The van der Waals surface area contributed by atoms with Crippen molar-refractivity contribution in [1.29, 1.82) is 0 Å². The molecular weight excluding hydrogens is 315 g/mol. The largest absolute Gasteiger partial charge is 0.510 e. The molecule has 1 unspecified atom stereocenters. The molecule has 0 fully saturated rings. The summed E-state index contributed by atoms with van der Waals surface area (Å²) in [5.41, 5.74) is 0.945. The lowest BCUT2D eigenvalue weighted by Crippen LogP contribution is -2.31. The summed E-state index contributed by atoms with van der Waals surface area (Å²) in [6.45, 7) is 0. The monoisotopic (exact) mass is 321 g/mol. The van der Waals surface area contributed by atoms with E-state index in [2.05, 4.69) is 32.1 Å². The van der Waals surface area contributed by atoms with Crippen molar-refractivity contribution in [3.05, 3.63) is 18.3 Å². The maximum absolute atomic E-state index is 9.08. The van der Waals surface area contributed by atoms with Crippen molar-refractivity contribution in [2.75, 3.05) is 0 Å². The summed E-state index contributed by atoms with van der Waals surface area (Å²) < 4.78 is 1.66. The fraction of sp³-hybridized carbons (Fsp3) is 0. The van der Waals surface area contributed by atoms with Crippen LogP contribution in [0.25, 0.3) is 11.0 Å². The van der Waals surface area contributed by atoms with Gasteiger partial charge in [-0.2, -0.15) is 5.10 Å². The van der Waals surface area contributed by atoms with E-state index in [0.29, 0.717) is 17.4 Å². The van der Waals surface area contributed by atoms with Gasteiger partial charge >= 0.3 is 7.12 Å². The average molecular weight is 321 g/mol. The summed E-state index contributed by atoms with van der Waals surface area (Å²) in [6, 6.07) is 3.52. The van der Waals surface area contributed by atoms with Crippen LogP contribution < -0.4 is 5.59 Å². The Hall–Kier alpha value is -0.235. The van der Waals surface area contributed by atoms with Crippen LogP contribution in [0, 0.1) is 0 Å². The minimum absolute atomic E-state index is 0.261. The van der Waals surface area contributed by atoms with Gasteiger partial charge < -0.3 is 10.0 Å². The first-order chi connectivity index (χ1) is 6.74. The number of halogens is 1. The van der Waals surface area contributed by atoms with Gasteiger partial charge in [0.1, 0.15) is 5.59 Å². The molecule has 0 saturated carbocycles. The third-order valence-electron chi connectivity index (χ3n) is 1.80. The number of hydrogen-bond donors (Lipinski definition) is 2. The van der Waals surface area contributed by atoms with Gasteiger partial charge in [0.15, 0.2) is 5.65 Å². The molecule has 5 nitrogen and oxygen atoms in total. The van der Waals surface area contributed by atoms with E-state index in [4.69, 9.17) is 10.0 Å². The van der Waals surface area contributed by atoms with Gasteiger partial charge in [-0.3, -0.25) is 0 Å². The first kappa shape index (κ1) is 10.3. The number of hydrogen-bond acceptors (Lipinski definition) is 4. The molecule has 8 heteroatoms. The molecule has 2 aromatic rings. The first-order valence-corrected chi connectivity index (χ1v) is 7.86. The van der Waals surface area contributed by atoms with Crippen LogP contribution in [0.1, 0.15) is 0 Å². The molecule has 72 valence electrons. The first-order valence-electron chi connectivity index (χ1n) is 3.80. The van der Waals surface area contributed by atoms with Gasteiger partial charge in [0.25, 0.3) is 0 Å². The van der Waals surface area contributed by atoms with Crippen LogP contribution in [0.4, 0.5) is 0 Å². The van der Waals surface area contributed by atoms with Gasteiger partial charge in [-0.1, -0.05) is 0 Å². The summed E-state index contributed by atoms with van der Waals surface area (Å²) in [4.78, 5) is 4.14. The topological polar surface area (TPSA) is 71.2 Å². The Morgan fingerprint density at radius 2 is 2.29 bits per heavy atom. The Morgan fingerprint density at radius 3 is 2.93 bits per heavy atom. The molecule has 2 N–H and O–H groups in total. The van der Waals surface area contributed by atoms with Crippen LogP contribution in [-0.2, 0) is 0 Å². The maximum Gasteiger partial charge on any atom is 0.510 e. The molecule has 2 heterocycles. The van der Waals surface area contributed by atoms with Gasteiger partial charge in [0.05, 0.1) is 6.37 Å². The van der Waals surface area contributed by atoms with E-state index < -0.39 is 7.12 Å². The highest BCUT2D eigenvalue weighted by atomic mass is 127. The van der Waals surface area contributed by atoms with Gasteiger partial charge in [-0.05, 0) is 34.2 Å². The standard InChI is InChI=1S/C6H6BIN3O2P/c8-14-11-6-4(2-1-3-9-6)5(10-11)7(12)13/h1-3,12-14H. The molecule has 2 aromatic heterocycles. The molecule has 0 aliphatic heterocycles. The van der Waals surface area contributed by atoms with E-state index in [1.54, 1.807) is 22.8 Å². The van der Waals surface area contributed by atoms with Crippen LogP contribution >= 0.6 is 28.4 Å². The highest BCUT2D eigenvalue weighted by Crippen LogP contribution is 2.25. The lowest BCUT2D eigenvalue weighted by atomic mass is 9.84. The number of rotatable bonds is 2.